The number of hydrogen-bond acceptors (Lipinski definition) is 13. The average molecular weight is 1040 g/mol. The Hall–Kier alpha value is -5.11. The molecule has 7 rings (SSSR count). The molecule has 16 heteroatoms. The third kappa shape index (κ3) is 9.76. The van der Waals surface area contributed by atoms with Gasteiger partial charge in [0.2, 0.25) is 11.6 Å². The summed E-state index contributed by atoms with van der Waals surface area (Å²) in [5.74, 6) is -6.19. The predicted molar refractivity (Wildman–Crippen MR) is 279 cm³/mol. The van der Waals surface area contributed by atoms with Crippen LogP contribution in [0.2, 0.25) is 36.3 Å². The molecule has 4 aliphatic rings. The van der Waals surface area contributed by atoms with E-state index in [1.54, 1.807) is 113 Å². The standard InChI is InChI=1S/C57H75NO13Si2/c1-14-73(15-2,16-3)70-41-32-42-56(34-66-42,69-36(5)59)47-49(68-51(63)39-30-24-19-25-31-39)57(65)33-40(35(4)43(54(57,9)10)45(60)48(61)55(41,47)11)67-52(64)46(71-72(12,13)53(6,7)8)44(37-26-20-17-21-27-37)58-50(62)38-28-22-18-23-29-38/h17-31,40-42,44,46-47,49,65H,14-16,32-34H2,1-13H3,(H,58,62)/t40?,41-,42+,44-,46+,47-,49-,55+,56-,57+/m0/s1. The first-order valence-electron chi connectivity index (χ1n) is 25.8. The zero-order valence-corrected chi connectivity index (χ0v) is 46.8. The molecule has 10 atom stereocenters. The molecule has 14 nitrogen and oxygen atoms in total. The summed E-state index contributed by atoms with van der Waals surface area (Å²) in [6.07, 6.45) is -6.90. The van der Waals surface area contributed by atoms with Gasteiger partial charge in [0.15, 0.2) is 28.3 Å². The molecule has 394 valence electrons. The Morgan fingerprint density at radius 3 is 1.89 bits per heavy atom. The molecule has 2 saturated carbocycles. The summed E-state index contributed by atoms with van der Waals surface area (Å²) >= 11 is 0. The van der Waals surface area contributed by atoms with Gasteiger partial charge in [-0.15, -0.1) is 0 Å². The van der Waals surface area contributed by atoms with Crippen molar-refractivity contribution in [2.24, 2.45) is 16.7 Å². The highest BCUT2D eigenvalue weighted by Crippen LogP contribution is 2.64. The van der Waals surface area contributed by atoms with Gasteiger partial charge in [-0.2, -0.15) is 0 Å². The molecule has 3 aliphatic carbocycles. The molecule has 0 aromatic heterocycles. The molecule has 2 bridgehead atoms. The Bertz CT molecular complexity index is 2600. The fourth-order valence-corrected chi connectivity index (χ4v) is 15.9. The number of esters is 3. The van der Waals surface area contributed by atoms with Crippen molar-refractivity contribution >= 4 is 52.0 Å². The lowest BCUT2D eigenvalue weighted by Gasteiger charge is -2.67. The predicted octanol–water partition coefficient (Wildman–Crippen LogP) is 9.43. The van der Waals surface area contributed by atoms with E-state index < -0.39 is 128 Å². The maximum atomic E-state index is 16.0. The fourth-order valence-electron chi connectivity index (χ4n) is 11.8. The molecular formula is C57H75NO13Si2. The minimum atomic E-state index is -2.92. The van der Waals surface area contributed by atoms with Crippen LogP contribution in [0.4, 0.5) is 0 Å². The van der Waals surface area contributed by atoms with Crippen LogP contribution in [0.5, 0.6) is 0 Å². The van der Waals surface area contributed by atoms with Gasteiger partial charge in [0.05, 0.1) is 35.6 Å². The molecule has 2 N–H and O–H groups in total. The number of rotatable bonds is 16. The van der Waals surface area contributed by atoms with Gasteiger partial charge in [0, 0.05) is 36.3 Å². The van der Waals surface area contributed by atoms with Gasteiger partial charge < -0.3 is 38.2 Å². The summed E-state index contributed by atoms with van der Waals surface area (Å²) in [7, 11) is -5.54. The van der Waals surface area contributed by atoms with E-state index in [9.17, 15) is 19.5 Å². The summed E-state index contributed by atoms with van der Waals surface area (Å²) in [4.78, 5) is 89.6. The van der Waals surface area contributed by atoms with Crippen molar-refractivity contribution in [3.63, 3.8) is 0 Å². The van der Waals surface area contributed by atoms with Gasteiger partial charge in [-0.3, -0.25) is 19.2 Å². The second kappa shape index (κ2) is 20.5. The van der Waals surface area contributed by atoms with Crippen LogP contribution in [0.25, 0.3) is 0 Å². The normalized spacial score (nSPS) is 28.7. The Morgan fingerprint density at radius 2 is 1.38 bits per heavy atom. The number of carbonyl (C=O) groups is 6. The topological polar surface area (TPSA) is 190 Å². The van der Waals surface area contributed by atoms with Crippen LogP contribution in [-0.4, -0.2) is 105 Å². The van der Waals surface area contributed by atoms with Gasteiger partial charge in [0.25, 0.3) is 5.91 Å². The van der Waals surface area contributed by atoms with Crippen molar-refractivity contribution in [1.82, 2.24) is 5.32 Å². The maximum Gasteiger partial charge on any atom is 0.338 e. The van der Waals surface area contributed by atoms with Crippen molar-refractivity contribution in [2.75, 3.05) is 6.61 Å². The first-order chi connectivity index (χ1) is 34.2. The molecule has 1 heterocycles. The molecule has 3 aromatic rings. The van der Waals surface area contributed by atoms with E-state index in [-0.39, 0.29) is 29.7 Å². The molecule has 3 aromatic carbocycles. The lowest BCUT2D eigenvalue weighted by molar-refractivity contribution is -0.342. The molecule has 3 fully saturated rings. The first kappa shape index (κ1) is 55.6. The highest BCUT2D eigenvalue weighted by atomic mass is 28.4. The van der Waals surface area contributed by atoms with E-state index in [0.717, 1.165) is 0 Å². The second-order valence-electron chi connectivity index (χ2n) is 22.8. The van der Waals surface area contributed by atoms with Crippen molar-refractivity contribution in [2.45, 2.75) is 173 Å². The second-order valence-corrected chi connectivity index (χ2v) is 32.3. The lowest BCUT2D eigenvalue weighted by Crippen LogP contribution is -2.82. The number of ketones is 2. The Kier molecular flexibility index (Phi) is 15.7. The van der Waals surface area contributed by atoms with E-state index in [4.69, 9.17) is 27.8 Å². The number of ether oxygens (including phenoxy) is 4. The van der Waals surface area contributed by atoms with E-state index in [2.05, 4.69) is 5.32 Å². The van der Waals surface area contributed by atoms with E-state index in [1.165, 1.54) is 6.92 Å². The summed E-state index contributed by atoms with van der Waals surface area (Å²) in [6.45, 7) is 23.6. The van der Waals surface area contributed by atoms with Crippen LogP contribution < -0.4 is 5.32 Å². The number of aliphatic hydroxyl groups is 1. The number of nitrogens with one attached hydrogen (secondary N) is 1. The van der Waals surface area contributed by atoms with Crippen LogP contribution in [0.15, 0.2) is 102 Å². The zero-order chi connectivity index (χ0) is 53.7. The van der Waals surface area contributed by atoms with E-state index in [1.807, 2.05) is 60.7 Å². The van der Waals surface area contributed by atoms with Gasteiger partial charge >= 0.3 is 17.9 Å². The molecule has 1 unspecified atom stereocenters. The Balaban J connectivity index is 1.45. The molecule has 1 amide bonds. The minimum absolute atomic E-state index is 0.0759. The highest BCUT2D eigenvalue weighted by molar-refractivity contribution is 6.74. The molecule has 1 aliphatic heterocycles. The maximum absolute atomic E-state index is 16.0. The lowest BCUT2D eigenvalue weighted by atomic mass is 9.45. The van der Waals surface area contributed by atoms with Crippen molar-refractivity contribution < 1.29 is 61.7 Å². The molecule has 0 radical (unpaired) electrons. The van der Waals surface area contributed by atoms with Crippen molar-refractivity contribution in [1.29, 1.82) is 0 Å². The Morgan fingerprint density at radius 1 is 0.836 bits per heavy atom. The minimum Gasteiger partial charge on any atom is -0.456 e. The number of carbonyl (C=O) groups excluding carboxylic acids is 6. The largest absolute Gasteiger partial charge is 0.456 e. The van der Waals surface area contributed by atoms with Crippen LogP contribution >= 0.6 is 0 Å². The summed E-state index contributed by atoms with van der Waals surface area (Å²) in [6, 6.07) is 26.7. The SMILES string of the molecule is CC[Si](CC)(CC)O[C@H]1C[C@H]2OC[C@@]2(OC(C)=O)[C@H]2[C@H](OC(=O)c3ccccc3)[C@]3(O)CC(OC(=O)[C@H](O[Si](C)(C)C(C)(C)C)[C@@H](NC(=O)c4ccccc4)c4ccccc4)C(C)=C(C(=O)C(=O)[C@]12C)C3(C)C. The summed E-state index contributed by atoms with van der Waals surface area (Å²) in [5.41, 5.74) is -6.49. The third-order valence-corrected chi connectivity index (χ3v) is 26.6. The Labute approximate surface area is 432 Å². The van der Waals surface area contributed by atoms with E-state index >= 15 is 14.4 Å². The summed E-state index contributed by atoms with van der Waals surface area (Å²) < 4.78 is 40.2. The van der Waals surface area contributed by atoms with Crippen molar-refractivity contribution in [3.8, 4) is 0 Å². The van der Waals surface area contributed by atoms with Gasteiger partial charge in [0.1, 0.15) is 23.9 Å². The van der Waals surface area contributed by atoms with Gasteiger partial charge in [-0.25, -0.2) is 9.59 Å². The number of hydrogen-bond donors (Lipinski definition) is 2. The smallest absolute Gasteiger partial charge is 0.338 e. The van der Waals surface area contributed by atoms with Crippen LogP contribution in [0.1, 0.15) is 121 Å². The summed E-state index contributed by atoms with van der Waals surface area (Å²) in [5, 5.41) is 16.8. The van der Waals surface area contributed by atoms with Crippen molar-refractivity contribution in [3.05, 3.63) is 119 Å². The monoisotopic (exact) mass is 1040 g/mol. The zero-order valence-electron chi connectivity index (χ0n) is 44.8. The molecule has 0 spiro atoms. The van der Waals surface area contributed by atoms with Crippen LogP contribution in [0.3, 0.4) is 0 Å². The van der Waals surface area contributed by atoms with Crippen LogP contribution in [-0.2, 0) is 47.0 Å². The van der Waals surface area contributed by atoms with Gasteiger partial charge in [-0.05, 0) is 85.5 Å². The molecular weight excluding hydrogens is 963 g/mol. The van der Waals surface area contributed by atoms with Crippen LogP contribution in [0, 0.1) is 16.7 Å². The molecule has 73 heavy (non-hydrogen) atoms. The number of Topliss-reactive ketones (excluding diaryl/α,β-unsaturated/α-hetero) is 2. The third-order valence-electron chi connectivity index (χ3n) is 17.5. The number of amides is 1. The van der Waals surface area contributed by atoms with E-state index in [0.29, 0.717) is 29.3 Å². The number of fused-ring (bicyclic) bond motifs is 5. The highest BCUT2D eigenvalue weighted by Gasteiger charge is 2.78. The quantitative estimate of drug-likeness (QED) is 0.0598. The fraction of sp³-hybridized carbons (Fsp3) is 0.544. The number of benzene rings is 3. The first-order valence-corrected chi connectivity index (χ1v) is 31.2. The average Bonchev–Trinajstić information content (AvgIpc) is 3.35. The molecule has 1 saturated heterocycles. The van der Waals surface area contributed by atoms with Gasteiger partial charge in [-0.1, -0.05) is 122 Å².